The van der Waals surface area contributed by atoms with Crippen molar-refractivity contribution in [3.8, 4) is 11.3 Å². The van der Waals surface area contributed by atoms with E-state index in [1.807, 2.05) is 50.6 Å². The molecule has 132 valence electrons. The van der Waals surface area contributed by atoms with Crippen LogP contribution < -0.4 is 0 Å². The summed E-state index contributed by atoms with van der Waals surface area (Å²) in [4.78, 5) is 20.0. The number of hydrogen-bond donors (Lipinski definition) is 0. The Morgan fingerprint density at radius 1 is 1.19 bits per heavy atom. The Labute approximate surface area is 152 Å². The molecule has 6 nitrogen and oxygen atoms in total. The smallest absolute Gasteiger partial charge is 0.338 e. The highest BCUT2D eigenvalue weighted by atomic mass is 16.5. The first-order chi connectivity index (χ1) is 12.4. The average molecular weight is 348 g/mol. The number of nitrogens with zero attached hydrogens (tertiary/aromatic N) is 4. The fourth-order valence-electron chi connectivity index (χ4n) is 2.76. The van der Waals surface area contributed by atoms with Gasteiger partial charge >= 0.3 is 11.8 Å². The number of fused-ring (bicyclic) bond motifs is 1. The van der Waals surface area contributed by atoms with Crippen molar-refractivity contribution in [2.75, 3.05) is 0 Å². The van der Waals surface area contributed by atoms with Crippen LogP contribution in [0, 0.1) is 6.57 Å². The third kappa shape index (κ3) is 3.29. The summed E-state index contributed by atoms with van der Waals surface area (Å²) in [6.07, 6.45) is 1.41. The summed E-state index contributed by atoms with van der Waals surface area (Å²) in [7, 11) is 0. The lowest BCUT2D eigenvalue weighted by Gasteiger charge is -2.09. The van der Waals surface area contributed by atoms with Crippen LogP contribution in [0.25, 0.3) is 27.0 Å². The van der Waals surface area contributed by atoms with E-state index in [0.717, 1.165) is 16.5 Å². The second-order valence-electron chi connectivity index (χ2n) is 6.59. The predicted molar refractivity (Wildman–Crippen MR) is 100 cm³/mol. The molecule has 1 aromatic carbocycles. The molecule has 0 bridgehead atoms. The molecule has 0 spiro atoms. The van der Waals surface area contributed by atoms with Crippen molar-refractivity contribution >= 4 is 22.7 Å². The van der Waals surface area contributed by atoms with Crippen molar-refractivity contribution in [1.82, 2.24) is 14.8 Å². The van der Waals surface area contributed by atoms with Gasteiger partial charge in [-0.3, -0.25) is 4.98 Å². The minimum Gasteiger partial charge on any atom is -0.459 e. The molecule has 0 amide bonds. The van der Waals surface area contributed by atoms with Gasteiger partial charge in [0, 0.05) is 11.6 Å². The third-order valence-corrected chi connectivity index (χ3v) is 3.92. The van der Waals surface area contributed by atoms with Gasteiger partial charge in [-0.2, -0.15) is 4.68 Å². The Bertz CT molecular complexity index is 1010. The highest BCUT2D eigenvalue weighted by Gasteiger charge is 2.17. The van der Waals surface area contributed by atoms with Gasteiger partial charge in [0.15, 0.2) is 0 Å². The maximum atomic E-state index is 12.1. The number of pyridine rings is 1. The van der Waals surface area contributed by atoms with Gasteiger partial charge in [-0.1, -0.05) is 18.7 Å². The van der Waals surface area contributed by atoms with Gasteiger partial charge < -0.3 is 9.58 Å². The molecule has 2 aromatic heterocycles. The van der Waals surface area contributed by atoms with Crippen LogP contribution in [0.3, 0.4) is 0 Å². The largest absolute Gasteiger partial charge is 0.459 e. The molecule has 2 heterocycles. The minimum absolute atomic E-state index is 0.158. The van der Waals surface area contributed by atoms with E-state index in [0.29, 0.717) is 17.1 Å². The summed E-state index contributed by atoms with van der Waals surface area (Å²) in [5.41, 5.74) is 2.83. The predicted octanol–water partition coefficient (Wildman–Crippen LogP) is 4.80. The van der Waals surface area contributed by atoms with Crippen molar-refractivity contribution in [2.45, 2.75) is 39.8 Å². The SMILES string of the molecule is [C-]#[N+]c1nn(C(C)C)c2ccc(-c3cc(C(=O)OC(C)C)ccn3)cc12. The zero-order valence-corrected chi connectivity index (χ0v) is 15.2. The van der Waals surface area contributed by atoms with Crippen molar-refractivity contribution in [3.63, 3.8) is 0 Å². The van der Waals surface area contributed by atoms with Gasteiger partial charge in [0.25, 0.3) is 0 Å². The van der Waals surface area contributed by atoms with Gasteiger partial charge in [0.2, 0.25) is 0 Å². The molecule has 3 rings (SSSR count). The molecule has 0 aliphatic rings. The summed E-state index contributed by atoms with van der Waals surface area (Å²) in [6.45, 7) is 15.1. The Hall–Kier alpha value is -3.20. The fraction of sp³-hybridized carbons (Fsp3) is 0.300. The zero-order chi connectivity index (χ0) is 18.8. The Morgan fingerprint density at radius 3 is 2.62 bits per heavy atom. The Morgan fingerprint density at radius 2 is 1.96 bits per heavy atom. The second kappa shape index (κ2) is 6.96. The number of carbonyl (C=O) groups excluding carboxylic acids is 1. The van der Waals surface area contributed by atoms with Crippen molar-refractivity contribution < 1.29 is 9.53 Å². The van der Waals surface area contributed by atoms with Crippen LogP contribution in [0.4, 0.5) is 5.82 Å². The molecule has 0 aliphatic carbocycles. The molecule has 0 N–H and O–H groups in total. The van der Waals surface area contributed by atoms with E-state index in [4.69, 9.17) is 11.3 Å². The first kappa shape index (κ1) is 17.6. The van der Waals surface area contributed by atoms with E-state index in [9.17, 15) is 4.79 Å². The van der Waals surface area contributed by atoms with Crippen LogP contribution in [0.1, 0.15) is 44.1 Å². The number of ether oxygens (including phenoxy) is 1. The van der Waals surface area contributed by atoms with Gasteiger partial charge in [-0.25, -0.2) is 4.79 Å². The van der Waals surface area contributed by atoms with Crippen molar-refractivity contribution in [2.24, 2.45) is 0 Å². The minimum atomic E-state index is -0.376. The van der Waals surface area contributed by atoms with E-state index in [2.05, 4.69) is 14.9 Å². The number of carbonyl (C=O) groups is 1. The first-order valence-corrected chi connectivity index (χ1v) is 8.48. The van der Waals surface area contributed by atoms with Gasteiger partial charge in [-0.05, 0) is 56.6 Å². The van der Waals surface area contributed by atoms with E-state index in [1.165, 1.54) is 0 Å². The highest BCUT2D eigenvalue weighted by Crippen LogP contribution is 2.31. The van der Waals surface area contributed by atoms with Crippen molar-refractivity contribution in [1.29, 1.82) is 0 Å². The number of hydrogen-bond acceptors (Lipinski definition) is 4. The molecule has 6 heteroatoms. The molecule has 0 fully saturated rings. The van der Waals surface area contributed by atoms with Crippen LogP contribution in [-0.4, -0.2) is 26.8 Å². The molecular formula is C20H20N4O2. The number of benzene rings is 1. The zero-order valence-electron chi connectivity index (χ0n) is 15.2. The maximum Gasteiger partial charge on any atom is 0.338 e. The summed E-state index contributed by atoms with van der Waals surface area (Å²) in [5.74, 6) is -0.00914. The van der Waals surface area contributed by atoms with Crippen LogP contribution >= 0.6 is 0 Å². The van der Waals surface area contributed by atoms with Crippen LogP contribution in [0.15, 0.2) is 36.5 Å². The van der Waals surface area contributed by atoms with Crippen LogP contribution in [0.5, 0.6) is 0 Å². The average Bonchev–Trinajstić information content (AvgIpc) is 2.99. The summed E-state index contributed by atoms with van der Waals surface area (Å²) >= 11 is 0. The first-order valence-electron chi connectivity index (χ1n) is 8.48. The monoisotopic (exact) mass is 348 g/mol. The fourth-order valence-corrected chi connectivity index (χ4v) is 2.76. The maximum absolute atomic E-state index is 12.1. The summed E-state index contributed by atoms with van der Waals surface area (Å²) < 4.78 is 7.09. The second-order valence-corrected chi connectivity index (χ2v) is 6.59. The quantitative estimate of drug-likeness (QED) is 0.502. The van der Waals surface area contributed by atoms with Gasteiger partial charge in [-0.15, -0.1) is 0 Å². The normalized spacial score (nSPS) is 11.1. The van der Waals surface area contributed by atoms with E-state index >= 15 is 0 Å². The molecule has 0 saturated heterocycles. The molecule has 0 radical (unpaired) electrons. The molecule has 3 aromatic rings. The molecule has 0 unspecified atom stereocenters. The number of rotatable bonds is 4. The summed E-state index contributed by atoms with van der Waals surface area (Å²) in [5, 5.41) is 5.17. The molecule has 26 heavy (non-hydrogen) atoms. The molecule has 0 saturated carbocycles. The van der Waals surface area contributed by atoms with Crippen LogP contribution in [0.2, 0.25) is 0 Å². The molecule has 0 atom stereocenters. The van der Waals surface area contributed by atoms with E-state index < -0.39 is 0 Å². The Kier molecular flexibility index (Phi) is 4.72. The lowest BCUT2D eigenvalue weighted by Crippen LogP contribution is -2.11. The topological polar surface area (TPSA) is 61.4 Å². The third-order valence-electron chi connectivity index (χ3n) is 3.92. The van der Waals surface area contributed by atoms with E-state index in [1.54, 1.807) is 18.3 Å². The molecular weight excluding hydrogens is 328 g/mol. The van der Waals surface area contributed by atoms with Gasteiger partial charge in [0.05, 0.1) is 28.9 Å². The van der Waals surface area contributed by atoms with Gasteiger partial charge in [0.1, 0.15) is 0 Å². The number of aromatic nitrogens is 3. The summed E-state index contributed by atoms with van der Waals surface area (Å²) in [6, 6.07) is 9.26. The highest BCUT2D eigenvalue weighted by molar-refractivity contribution is 5.95. The van der Waals surface area contributed by atoms with Crippen LogP contribution in [-0.2, 0) is 4.74 Å². The molecule has 0 aliphatic heterocycles. The van der Waals surface area contributed by atoms with Crippen molar-refractivity contribution in [3.05, 3.63) is 53.5 Å². The standard InChI is InChI=1S/C20H20N4O2/c1-12(2)24-18-7-6-14(10-16(18)19(21-5)23-24)17-11-15(8-9-22-17)20(25)26-13(3)4/h6-13H,1-4H3. The lowest BCUT2D eigenvalue weighted by atomic mass is 10.1. The lowest BCUT2D eigenvalue weighted by molar-refractivity contribution is 0.0378. The Balaban J connectivity index is 2.06. The number of esters is 1. The van der Waals surface area contributed by atoms with E-state index in [-0.39, 0.29) is 18.1 Å².